The van der Waals surface area contributed by atoms with Crippen molar-refractivity contribution >= 4 is 6.09 Å². The zero-order valence-corrected chi connectivity index (χ0v) is 17.6. The van der Waals surface area contributed by atoms with Crippen molar-refractivity contribution < 1.29 is 19.0 Å². The molecule has 0 aromatic heterocycles. The summed E-state index contributed by atoms with van der Waals surface area (Å²) >= 11 is 0. The van der Waals surface area contributed by atoms with E-state index in [0.717, 1.165) is 24.2 Å². The Hall–Kier alpha value is -2.53. The number of benzene rings is 2. The lowest BCUT2D eigenvalue weighted by Crippen LogP contribution is -2.36. The van der Waals surface area contributed by atoms with E-state index in [2.05, 4.69) is 24.3 Å². The Kier molecular flexibility index (Phi) is 7.15. The van der Waals surface area contributed by atoms with Gasteiger partial charge in [-0.1, -0.05) is 42.5 Å². The number of amides is 1. The van der Waals surface area contributed by atoms with E-state index in [-0.39, 0.29) is 12.2 Å². The maximum atomic E-state index is 12.1. The summed E-state index contributed by atoms with van der Waals surface area (Å²) in [4.78, 5) is 13.8. The molecular weight excluding hydrogens is 366 g/mol. The molecule has 0 bridgehead atoms. The van der Waals surface area contributed by atoms with E-state index in [1.165, 1.54) is 5.56 Å². The molecule has 1 atom stereocenters. The highest BCUT2D eigenvalue weighted by Gasteiger charge is 2.30. The second-order valence-corrected chi connectivity index (χ2v) is 8.38. The Labute approximate surface area is 173 Å². The first-order valence-electron chi connectivity index (χ1n) is 10.2. The zero-order chi connectivity index (χ0) is 20.7. The summed E-state index contributed by atoms with van der Waals surface area (Å²) in [7, 11) is 0. The van der Waals surface area contributed by atoms with Gasteiger partial charge in [-0.2, -0.15) is 0 Å². The molecule has 3 rings (SSSR count). The van der Waals surface area contributed by atoms with Crippen molar-refractivity contribution in [2.75, 3.05) is 19.7 Å². The van der Waals surface area contributed by atoms with Gasteiger partial charge in [0.05, 0.1) is 19.3 Å². The van der Waals surface area contributed by atoms with Gasteiger partial charge in [0, 0.05) is 6.54 Å². The van der Waals surface area contributed by atoms with Crippen LogP contribution in [0, 0.1) is 0 Å². The Morgan fingerprint density at radius 2 is 1.76 bits per heavy atom. The van der Waals surface area contributed by atoms with Gasteiger partial charge < -0.3 is 19.1 Å². The second kappa shape index (κ2) is 9.79. The fourth-order valence-corrected chi connectivity index (χ4v) is 3.19. The molecule has 1 aliphatic heterocycles. The molecule has 0 radical (unpaired) electrons. The van der Waals surface area contributed by atoms with Crippen LogP contribution in [-0.4, -0.2) is 42.4 Å². The summed E-state index contributed by atoms with van der Waals surface area (Å²) in [5.74, 6) is 0.863. The van der Waals surface area contributed by atoms with Crippen LogP contribution in [0.3, 0.4) is 0 Å². The van der Waals surface area contributed by atoms with Crippen LogP contribution in [0.4, 0.5) is 4.79 Å². The van der Waals surface area contributed by atoms with Crippen LogP contribution in [0.15, 0.2) is 54.6 Å². The Balaban J connectivity index is 1.36. The SMILES string of the molecule is CC(C)(C)OC(=O)N1CC[C@@H](OCCc2ccc(OCc3ccccc3)cc2)C1. The number of hydrogen-bond donors (Lipinski definition) is 0. The van der Waals surface area contributed by atoms with E-state index >= 15 is 0 Å². The van der Waals surface area contributed by atoms with E-state index < -0.39 is 5.60 Å². The topological polar surface area (TPSA) is 48.0 Å². The number of rotatable bonds is 7. The highest BCUT2D eigenvalue weighted by atomic mass is 16.6. The third-order valence-electron chi connectivity index (χ3n) is 4.71. The van der Waals surface area contributed by atoms with Gasteiger partial charge in [-0.05, 0) is 56.9 Å². The summed E-state index contributed by atoms with van der Waals surface area (Å²) in [6, 6.07) is 18.3. The third-order valence-corrected chi connectivity index (χ3v) is 4.71. The minimum atomic E-state index is -0.465. The fraction of sp³-hybridized carbons (Fsp3) is 0.458. The van der Waals surface area contributed by atoms with Gasteiger partial charge in [0.1, 0.15) is 18.0 Å². The van der Waals surface area contributed by atoms with Gasteiger partial charge >= 0.3 is 6.09 Å². The standard InChI is InChI=1S/C24H31NO4/c1-24(2,3)29-23(26)25-15-13-22(17-25)27-16-14-19-9-11-21(12-10-19)28-18-20-7-5-4-6-8-20/h4-12,22H,13-18H2,1-3H3/t22-/m1/s1. The number of carbonyl (C=O) groups is 1. The lowest BCUT2D eigenvalue weighted by molar-refractivity contribution is 0.0213. The maximum Gasteiger partial charge on any atom is 0.410 e. The lowest BCUT2D eigenvalue weighted by atomic mass is 10.1. The van der Waals surface area contributed by atoms with Crippen molar-refractivity contribution in [3.63, 3.8) is 0 Å². The van der Waals surface area contributed by atoms with Crippen LogP contribution in [0.25, 0.3) is 0 Å². The van der Waals surface area contributed by atoms with Crippen molar-refractivity contribution in [3.8, 4) is 5.75 Å². The van der Waals surface area contributed by atoms with Crippen LogP contribution < -0.4 is 4.74 Å². The molecule has 1 heterocycles. The van der Waals surface area contributed by atoms with Crippen molar-refractivity contribution in [1.29, 1.82) is 0 Å². The van der Waals surface area contributed by atoms with Crippen LogP contribution >= 0.6 is 0 Å². The molecule has 0 unspecified atom stereocenters. The zero-order valence-electron chi connectivity index (χ0n) is 17.6. The molecule has 2 aromatic carbocycles. The molecule has 0 saturated carbocycles. The maximum absolute atomic E-state index is 12.1. The van der Waals surface area contributed by atoms with E-state index in [9.17, 15) is 4.79 Å². The molecule has 0 aliphatic carbocycles. The van der Waals surface area contributed by atoms with Gasteiger partial charge in [0.15, 0.2) is 0 Å². The minimum absolute atomic E-state index is 0.0796. The molecule has 1 amide bonds. The predicted molar refractivity (Wildman–Crippen MR) is 113 cm³/mol. The lowest BCUT2D eigenvalue weighted by Gasteiger charge is -2.24. The Morgan fingerprint density at radius 3 is 2.45 bits per heavy atom. The van der Waals surface area contributed by atoms with Crippen LogP contribution in [0.1, 0.15) is 38.3 Å². The summed E-state index contributed by atoms with van der Waals surface area (Å²) in [6.07, 6.45) is 1.51. The van der Waals surface area contributed by atoms with Crippen molar-refractivity contribution in [3.05, 3.63) is 65.7 Å². The Morgan fingerprint density at radius 1 is 1.03 bits per heavy atom. The van der Waals surface area contributed by atoms with Crippen LogP contribution in [-0.2, 0) is 22.5 Å². The number of nitrogens with zero attached hydrogens (tertiary/aromatic N) is 1. The largest absolute Gasteiger partial charge is 0.489 e. The van der Waals surface area contributed by atoms with E-state index in [0.29, 0.717) is 26.3 Å². The van der Waals surface area contributed by atoms with E-state index in [4.69, 9.17) is 14.2 Å². The van der Waals surface area contributed by atoms with Crippen LogP contribution in [0.5, 0.6) is 5.75 Å². The van der Waals surface area contributed by atoms with Gasteiger partial charge in [0.25, 0.3) is 0 Å². The first-order valence-corrected chi connectivity index (χ1v) is 10.2. The highest BCUT2D eigenvalue weighted by Crippen LogP contribution is 2.18. The molecule has 29 heavy (non-hydrogen) atoms. The third kappa shape index (κ3) is 7.09. The van der Waals surface area contributed by atoms with Gasteiger partial charge in [0.2, 0.25) is 0 Å². The van der Waals surface area contributed by atoms with Crippen molar-refractivity contribution in [2.45, 2.75) is 51.9 Å². The average molecular weight is 398 g/mol. The predicted octanol–water partition coefficient (Wildman–Crippen LogP) is 4.83. The highest BCUT2D eigenvalue weighted by molar-refractivity contribution is 5.68. The molecule has 5 nitrogen and oxygen atoms in total. The summed E-state index contributed by atoms with van der Waals surface area (Å²) < 4.78 is 17.2. The molecule has 5 heteroatoms. The van der Waals surface area contributed by atoms with Crippen molar-refractivity contribution in [1.82, 2.24) is 4.90 Å². The number of likely N-dealkylation sites (tertiary alicyclic amines) is 1. The van der Waals surface area contributed by atoms with Crippen LogP contribution in [0.2, 0.25) is 0 Å². The van der Waals surface area contributed by atoms with Gasteiger partial charge in [-0.15, -0.1) is 0 Å². The molecule has 156 valence electrons. The number of ether oxygens (including phenoxy) is 3. The van der Waals surface area contributed by atoms with Crippen molar-refractivity contribution in [2.24, 2.45) is 0 Å². The van der Waals surface area contributed by atoms with Gasteiger partial charge in [-0.3, -0.25) is 0 Å². The van der Waals surface area contributed by atoms with E-state index in [1.54, 1.807) is 4.90 Å². The quantitative estimate of drug-likeness (QED) is 0.671. The molecular formula is C24H31NO4. The molecule has 0 spiro atoms. The minimum Gasteiger partial charge on any atom is -0.489 e. The van der Waals surface area contributed by atoms with Gasteiger partial charge in [-0.25, -0.2) is 4.79 Å². The summed E-state index contributed by atoms with van der Waals surface area (Å²) in [5.41, 5.74) is 1.90. The fourth-order valence-electron chi connectivity index (χ4n) is 3.19. The smallest absolute Gasteiger partial charge is 0.410 e. The first-order chi connectivity index (χ1) is 13.9. The number of hydrogen-bond acceptors (Lipinski definition) is 4. The molecule has 1 fully saturated rings. The van der Waals surface area contributed by atoms with E-state index in [1.807, 2.05) is 51.1 Å². The molecule has 1 aliphatic rings. The average Bonchev–Trinajstić information content (AvgIpc) is 3.16. The molecule has 2 aromatic rings. The first kappa shape index (κ1) is 21.2. The monoisotopic (exact) mass is 397 g/mol. The second-order valence-electron chi connectivity index (χ2n) is 8.38. The normalized spacial score (nSPS) is 16.7. The summed E-state index contributed by atoms with van der Waals surface area (Å²) in [6.45, 7) is 8.14. The Bertz CT molecular complexity index is 768. The summed E-state index contributed by atoms with van der Waals surface area (Å²) in [5, 5.41) is 0. The molecule has 1 saturated heterocycles. The molecule has 0 N–H and O–H groups in total. The number of carbonyl (C=O) groups excluding carboxylic acids is 1.